The van der Waals surface area contributed by atoms with E-state index >= 15 is 0 Å². The Morgan fingerprint density at radius 3 is 1.88 bits per heavy atom. The number of benzene rings is 2. The normalized spacial score (nSPS) is 11.7. The van der Waals surface area contributed by atoms with Gasteiger partial charge in [0.15, 0.2) is 0 Å². The van der Waals surface area contributed by atoms with Gasteiger partial charge in [0.25, 0.3) is 0 Å². The highest BCUT2D eigenvalue weighted by molar-refractivity contribution is 7.88. The Hall–Kier alpha value is -3.12. The zero-order chi connectivity index (χ0) is 24.5. The third-order valence-electron chi connectivity index (χ3n) is 3.37. The number of halogens is 4. The van der Waals surface area contributed by atoms with E-state index in [-0.39, 0.29) is 11.3 Å². The lowest BCUT2D eigenvalue weighted by atomic mass is 10.0. The summed E-state index contributed by atoms with van der Waals surface area (Å²) in [6, 6.07) is 10.4. The first kappa shape index (κ1) is 26.9. The van der Waals surface area contributed by atoms with Gasteiger partial charge in [-0.3, -0.25) is 4.79 Å². The molecule has 0 aromatic heterocycles. The number of methoxy groups -OCH3 is 1. The average molecular weight is 495 g/mol. The van der Waals surface area contributed by atoms with Crippen LogP contribution in [0.25, 0.3) is 0 Å². The van der Waals surface area contributed by atoms with Crippen molar-refractivity contribution in [3.8, 4) is 5.75 Å². The molecule has 0 radical (unpaired) electrons. The van der Waals surface area contributed by atoms with Crippen LogP contribution in [0.3, 0.4) is 0 Å². The van der Waals surface area contributed by atoms with Crippen molar-refractivity contribution in [2.24, 2.45) is 5.10 Å². The van der Waals surface area contributed by atoms with E-state index in [2.05, 4.69) is 14.0 Å². The van der Waals surface area contributed by atoms with Gasteiger partial charge >= 0.3 is 27.5 Å². The SMILES string of the molecule is CC.COC(=O)C(=O)N/N=C(/c1ccc(Cl)cc1)c1ccc(OS(=O)(=O)C(F)(F)F)cc1. The van der Waals surface area contributed by atoms with E-state index in [0.717, 1.165) is 19.2 Å². The molecule has 2 aromatic rings. The summed E-state index contributed by atoms with van der Waals surface area (Å²) in [7, 11) is -4.83. The fourth-order valence-electron chi connectivity index (χ4n) is 1.99. The van der Waals surface area contributed by atoms with E-state index in [1.54, 1.807) is 0 Å². The quantitative estimate of drug-likeness (QED) is 0.170. The first-order valence-corrected chi connectivity index (χ1v) is 10.6. The standard InChI is InChI=1S/C17H12ClF3N2O6S.C2H6/c1-28-16(25)15(24)23-22-14(10-2-6-12(18)7-3-10)11-4-8-13(9-5-11)29-30(26,27)17(19,20)21;1-2/h2-9H,1H3,(H,23,24);1-2H3/b22-14-;. The highest BCUT2D eigenvalue weighted by Gasteiger charge is 2.48. The van der Waals surface area contributed by atoms with Crippen molar-refractivity contribution in [2.45, 2.75) is 19.4 Å². The lowest BCUT2D eigenvalue weighted by molar-refractivity contribution is -0.152. The number of nitrogens with one attached hydrogen (secondary N) is 1. The van der Waals surface area contributed by atoms with Gasteiger partial charge in [0.05, 0.1) is 12.8 Å². The molecule has 0 aliphatic heterocycles. The van der Waals surface area contributed by atoms with E-state index in [9.17, 15) is 31.2 Å². The maximum atomic E-state index is 12.4. The molecule has 174 valence electrons. The van der Waals surface area contributed by atoms with Crippen molar-refractivity contribution in [2.75, 3.05) is 7.11 Å². The molecule has 13 heteroatoms. The van der Waals surface area contributed by atoms with Crippen molar-refractivity contribution in [1.82, 2.24) is 5.43 Å². The minimum Gasteiger partial charge on any atom is -0.462 e. The van der Waals surface area contributed by atoms with Crippen LogP contribution in [0.5, 0.6) is 5.75 Å². The van der Waals surface area contributed by atoms with E-state index < -0.39 is 33.3 Å². The van der Waals surface area contributed by atoms with Crippen LogP contribution < -0.4 is 9.61 Å². The Morgan fingerprint density at radius 1 is 0.969 bits per heavy atom. The average Bonchev–Trinajstić information content (AvgIpc) is 2.75. The van der Waals surface area contributed by atoms with Gasteiger partial charge < -0.3 is 8.92 Å². The summed E-state index contributed by atoms with van der Waals surface area (Å²) in [6.45, 7) is 4.00. The Bertz CT molecular complexity index is 1070. The zero-order valence-electron chi connectivity index (χ0n) is 16.9. The maximum Gasteiger partial charge on any atom is 0.534 e. The molecule has 0 atom stereocenters. The molecule has 0 heterocycles. The predicted molar refractivity (Wildman–Crippen MR) is 111 cm³/mol. The Morgan fingerprint density at radius 2 is 1.44 bits per heavy atom. The highest BCUT2D eigenvalue weighted by atomic mass is 35.5. The first-order valence-electron chi connectivity index (χ1n) is 8.77. The van der Waals surface area contributed by atoms with Gasteiger partial charge in [-0.15, -0.1) is 0 Å². The van der Waals surface area contributed by atoms with Crippen LogP contribution in [0.15, 0.2) is 53.6 Å². The van der Waals surface area contributed by atoms with Crippen molar-refractivity contribution in [1.29, 1.82) is 0 Å². The minimum atomic E-state index is -5.83. The van der Waals surface area contributed by atoms with Crippen LogP contribution in [0.4, 0.5) is 13.2 Å². The lowest BCUT2D eigenvalue weighted by Gasteiger charge is -2.11. The number of hydrazone groups is 1. The number of amides is 1. The summed E-state index contributed by atoms with van der Waals surface area (Å²) < 4.78 is 67.8. The van der Waals surface area contributed by atoms with E-state index in [1.807, 2.05) is 19.3 Å². The molecule has 0 bridgehead atoms. The molecule has 2 aromatic carbocycles. The van der Waals surface area contributed by atoms with Gasteiger partial charge in [-0.2, -0.15) is 26.7 Å². The molecule has 32 heavy (non-hydrogen) atoms. The summed E-state index contributed by atoms with van der Waals surface area (Å²) in [4.78, 5) is 22.8. The molecule has 1 N–H and O–H groups in total. The number of nitrogens with zero attached hydrogens (tertiary/aromatic N) is 1. The van der Waals surface area contributed by atoms with E-state index in [4.69, 9.17) is 11.6 Å². The third-order valence-corrected chi connectivity index (χ3v) is 4.61. The smallest absolute Gasteiger partial charge is 0.462 e. The molecule has 2 rings (SSSR count). The number of carbonyl (C=O) groups is 2. The highest BCUT2D eigenvalue weighted by Crippen LogP contribution is 2.27. The van der Waals surface area contributed by atoms with Gasteiger partial charge in [-0.1, -0.05) is 37.6 Å². The molecular weight excluding hydrogens is 477 g/mol. The zero-order valence-corrected chi connectivity index (χ0v) is 18.5. The summed E-state index contributed by atoms with van der Waals surface area (Å²) in [5, 5.41) is 4.24. The van der Waals surface area contributed by atoms with Crippen LogP contribution in [0, 0.1) is 0 Å². The number of esters is 1. The molecule has 0 fully saturated rings. The summed E-state index contributed by atoms with van der Waals surface area (Å²) >= 11 is 5.83. The third kappa shape index (κ3) is 7.24. The van der Waals surface area contributed by atoms with E-state index in [1.165, 1.54) is 36.4 Å². The van der Waals surface area contributed by atoms with Crippen LogP contribution in [0.1, 0.15) is 25.0 Å². The van der Waals surface area contributed by atoms with Crippen LogP contribution in [0.2, 0.25) is 5.02 Å². The number of alkyl halides is 3. The Labute approximate surface area is 187 Å². The Kier molecular flexibility index (Phi) is 9.66. The summed E-state index contributed by atoms with van der Waals surface area (Å²) in [5.41, 5.74) is -2.84. The Balaban J connectivity index is 0.00000249. The molecule has 0 aliphatic rings. The van der Waals surface area contributed by atoms with Crippen molar-refractivity contribution in [3.63, 3.8) is 0 Å². The summed E-state index contributed by atoms with van der Waals surface area (Å²) in [5.74, 6) is -2.96. The van der Waals surface area contributed by atoms with Gasteiger partial charge in [0.1, 0.15) is 5.75 Å². The van der Waals surface area contributed by atoms with Crippen molar-refractivity contribution < 1.29 is 40.1 Å². The second-order valence-corrected chi connectivity index (χ2v) is 7.38. The van der Waals surface area contributed by atoms with Gasteiger partial charge in [-0.25, -0.2) is 10.2 Å². The molecule has 0 saturated heterocycles. The number of hydrogen-bond acceptors (Lipinski definition) is 7. The van der Waals surface area contributed by atoms with Gasteiger partial charge in [-0.05, 0) is 36.4 Å². The topological polar surface area (TPSA) is 111 Å². The van der Waals surface area contributed by atoms with Crippen LogP contribution in [-0.4, -0.2) is 38.6 Å². The molecular formula is C19H18ClF3N2O6S. The van der Waals surface area contributed by atoms with Gasteiger partial charge in [0, 0.05) is 16.1 Å². The fourth-order valence-corrected chi connectivity index (χ4v) is 2.58. The molecule has 8 nitrogen and oxygen atoms in total. The van der Waals surface area contributed by atoms with Crippen molar-refractivity contribution in [3.05, 3.63) is 64.7 Å². The van der Waals surface area contributed by atoms with Gasteiger partial charge in [0.2, 0.25) is 0 Å². The van der Waals surface area contributed by atoms with Crippen LogP contribution in [-0.2, 0) is 24.4 Å². The molecule has 0 saturated carbocycles. The fraction of sp³-hybridized carbons (Fsp3) is 0.211. The molecule has 0 unspecified atom stereocenters. The number of ether oxygens (including phenoxy) is 1. The number of hydrogen-bond donors (Lipinski definition) is 1. The maximum absolute atomic E-state index is 12.4. The lowest BCUT2D eigenvalue weighted by Crippen LogP contribution is -2.29. The summed E-state index contributed by atoms with van der Waals surface area (Å²) in [6.07, 6.45) is 0. The number of carbonyl (C=O) groups excluding carboxylic acids is 2. The van der Waals surface area contributed by atoms with Crippen LogP contribution >= 0.6 is 11.6 Å². The monoisotopic (exact) mass is 494 g/mol. The second kappa shape index (κ2) is 11.5. The minimum absolute atomic E-state index is 0.0918. The molecule has 1 amide bonds. The first-order chi connectivity index (χ1) is 14.9. The second-order valence-electron chi connectivity index (χ2n) is 5.41. The molecule has 0 aliphatic carbocycles. The van der Waals surface area contributed by atoms with E-state index in [0.29, 0.717) is 10.6 Å². The molecule has 0 spiro atoms. The largest absolute Gasteiger partial charge is 0.534 e. The van der Waals surface area contributed by atoms with Crippen molar-refractivity contribution >= 4 is 39.3 Å². The number of rotatable bonds is 5. The predicted octanol–water partition coefficient (Wildman–Crippen LogP) is 3.64.